The predicted molar refractivity (Wildman–Crippen MR) is 59.8 cm³/mol. The molecular formula is C12H15NO4. The van der Waals surface area contributed by atoms with Crippen molar-refractivity contribution in [3.05, 3.63) is 29.6 Å². The summed E-state index contributed by atoms with van der Waals surface area (Å²) in [6.07, 6.45) is 1.03. The average Bonchev–Trinajstić information content (AvgIpc) is 2.82. The lowest BCUT2D eigenvalue weighted by atomic mass is 10.1. The molecule has 1 aromatic heterocycles. The molecule has 2 rings (SSSR count). The lowest BCUT2D eigenvalue weighted by Gasteiger charge is -2.08. The van der Waals surface area contributed by atoms with E-state index in [0.717, 1.165) is 19.6 Å². The summed E-state index contributed by atoms with van der Waals surface area (Å²) in [6, 6.07) is 4.90. The second kappa shape index (κ2) is 5.75. The van der Waals surface area contributed by atoms with Crippen molar-refractivity contribution >= 4 is 5.97 Å². The zero-order chi connectivity index (χ0) is 12.1. The zero-order valence-corrected chi connectivity index (χ0v) is 9.46. The van der Waals surface area contributed by atoms with Crippen LogP contribution in [0.1, 0.15) is 22.6 Å². The van der Waals surface area contributed by atoms with Crippen LogP contribution >= 0.6 is 0 Å². The van der Waals surface area contributed by atoms with Crippen LogP contribution in [0, 0.1) is 5.92 Å². The average molecular weight is 237 g/mol. The van der Waals surface area contributed by atoms with E-state index < -0.39 is 5.97 Å². The Hall–Kier alpha value is -1.46. The molecule has 1 atom stereocenters. The van der Waals surface area contributed by atoms with E-state index in [-0.39, 0.29) is 5.69 Å². The van der Waals surface area contributed by atoms with E-state index >= 15 is 0 Å². The van der Waals surface area contributed by atoms with Crippen molar-refractivity contribution in [1.29, 1.82) is 0 Å². The molecular weight excluding hydrogens is 222 g/mol. The highest BCUT2D eigenvalue weighted by Crippen LogP contribution is 2.13. The molecule has 0 radical (unpaired) electrons. The molecule has 0 aliphatic carbocycles. The summed E-state index contributed by atoms with van der Waals surface area (Å²) in [5.74, 6) is -0.561. The fourth-order valence-corrected chi connectivity index (χ4v) is 1.72. The van der Waals surface area contributed by atoms with E-state index in [1.54, 1.807) is 12.1 Å². The molecule has 17 heavy (non-hydrogen) atoms. The van der Waals surface area contributed by atoms with Crippen LogP contribution < -0.4 is 0 Å². The number of ether oxygens (including phenoxy) is 2. The van der Waals surface area contributed by atoms with Gasteiger partial charge in [0.05, 0.1) is 25.5 Å². The number of pyridine rings is 1. The highest BCUT2D eigenvalue weighted by molar-refractivity contribution is 5.85. The molecule has 2 heterocycles. The molecule has 92 valence electrons. The first kappa shape index (κ1) is 12.0. The van der Waals surface area contributed by atoms with E-state index in [4.69, 9.17) is 14.6 Å². The summed E-state index contributed by atoms with van der Waals surface area (Å²) < 4.78 is 10.7. The molecule has 1 aliphatic rings. The molecule has 5 nitrogen and oxygen atoms in total. The largest absolute Gasteiger partial charge is 0.477 e. The summed E-state index contributed by atoms with van der Waals surface area (Å²) >= 11 is 0. The Morgan fingerprint density at radius 1 is 1.59 bits per heavy atom. The summed E-state index contributed by atoms with van der Waals surface area (Å²) in [5.41, 5.74) is 0.694. The van der Waals surface area contributed by atoms with Crippen LogP contribution in [0.4, 0.5) is 0 Å². The van der Waals surface area contributed by atoms with E-state index in [9.17, 15) is 4.79 Å². The van der Waals surface area contributed by atoms with Gasteiger partial charge in [-0.2, -0.15) is 0 Å². The number of carboxylic acid groups (broad SMARTS) is 1. The van der Waals surface area contributed by atoms with Crippen molar-refractivity contribution in [1.82, 2.24) is 4.98 Å². The molecule has 0 amide bonds. The molecule has 1 N–H and O–H groups in total. The van der Waals surface area contributed by atoms with Gasteiger partial charge in [0.2, 0.25) is 0 Å². The van der Waals surface area contributed by atoms with Crippen LogP contribution in [-0.2, 0) is 16.1 Å². The van der Waals surface area contributed by atoms with Gasteiger partial charge in [-0.25, -0.2) is 9.78 Å². The fraction of sp³-hybridized carbons (Fsp3) is 0.500. The van der Waals surface area contributed by atoms with Gasteiger partial charge in [-0.15, -0.1) is 0 Å². The first-order chi connectivity index (χ1) is 8.25. The third-order valence-electron chi connectivity index (χ3n) is 2.65. The molecule has 0 aromatic carbocycles. The van der Waals surface area contributed by atoms with Crippen molar-refractivity contribution < 1.29 is 19.4 Å². The van der Waals surface area contributed by atoms with Crippen molar-refractivity contribution in [3.8, 4) is 0 Å². The van der Waals surface area contributed by atoms with Crippen LogP contribution in [0.5, 0.6) is 0 Å². The monoisotopic (exact) mass is 237 g/mol. The minimum absolute atomic E-state index is 0.0512. The van der Waals surface area contributed by atoms with E-state index in [0.29, 0.717) is 24.8 Å². The standard InChI is InChI=1S/C12H15NO4/c14-12(15)11-3-1-2-10(13-11)8-17-7-9-4-5-16-6-9/h1-3,9H,4-8H2,(H,14,15). The third-order valence-corrected chi connectivity index (χ3v) is 2.65. The maximum Gasteiger partial charge on any atom is 0.354 e. The fourth-order valence-electron chi connectivity index (χ4n) is 1.72. The molecule has 5 heteroatoms. The molecule has 1 aliphatic heterocycles. The van der Waals surface area contributed by atoms with Gasteiger partial charge in [0.25, 0.3) is 0 Å². The van der Waals surface area contributed by atoms with Crippen LogP contribution in [0.3, 0.4) is 0 Å². The van der Waals surface area contributed by atoms with Gasteiger partial charge < -0.3 is 14.6 Å². The van der Waals surface area contributed by atoms with Gasteiger partial charge in [-0.3, -0.25) is 0 Å². The zero-order valence-electron chi connectivity index (χ0n) is 9.46. The van der Waals surface area contributed by atoms with Gasteiger partial charge in [0.15, 0.2) is 0 Å². The van der Waals surface area contributed by atoms with E-state index in [1.165, 1.54) is 6.07 Å². The maximum atomic E-state index is 10.7. The smallest absolute Gasteiger partial charge is 0.354 e. The van der Waals surface area contributed by atoms with Gasteiger partial charge in [0.1, 0.15) is 5.69 Å². The highest BCUT2D eigenvalue weighted by Gasteiger charge is 2.15. The molecule has 1 unspecified atom stereocenters. The normalized spacial score (nSPS) is 19.4. The van der Waals surface area contributed by atoms with Gasteiger partial charge in [-0.1, -0.05) is 6.07 Å². The summed E-state index contributed by atoms with van der Waals surface area (Å²) in [6.45, 7) is 2.54. The Morgan fingerprint density at radius 2 is 2.47 bits per heavy atom. The maximum absolute atomic E-state index is 10.7. The Bertz CT molecular complexity index is 388. The van der Waals surface area contributed by atoms with Gasteiger partial charge in [0, 0.05) is 12.5 Å². The SMILES string of the molecule is O=C(O)c1cccc(COCC2CCOC2)n1. The third kappa shape index (κ3) is 3.51. The van der Waals surface area contributed by atoms with Crippen molar-refractivity contribution in [2.75, 3.05) is 19.8 Å². The lowest BCUT2D eigenvalue weighted by molar-refractivity contribution is 0.0683. The van der Waals surface area contributed by atoms with Crippen LogP contribution in [0.25, 0.3) is 0 Å². The lowest BCUT2D eigenvalue weighted by Crippen LogP contribution is -2.10. The number of nitrogens with zero attached hydrogens (tertiary/aromatic N) is 1. The number of carboxylic acids is 1. The number of hydrogen-bond acceptors (Lipinski definition) is 4. The minimum Gasteiger partial charge on any atom is -0.477 e. The number of carbonyl (C=O) groups is 1. The Balaban J connectivity index is 1.81. The van der Waals surface area contributed by atoms with Crippen molar-refractivity contribution in [2.24, 2.45) is 5.92 Å². The molecule has 1 saturated heterocycles. The Kier molecular flexibility index (Phi) is 4.06. The summed E-state index contributed by atoms with van der Waals surface area (Å²) in [4.78, 5) is 14.7. The number of hydrogen-bond donors (Lipinski definition) is 1. The van der Waals surface area contributed by atoms with E-state index in [1.807, 2.05) is 0 Å². The molecule has 1 aromatic rings. The molecule has 0 bridgehead atoms. The molecule has 1 fully saturated rings. The summed E-state index contributed by atoms with van der Waals surface area (Å²) in [7, 11) is 0. The summed E-state index contributed by atoms with van der Waals surface area (Å²) in [5, 5.41) is 8.79. The minimum atomic E-state index is -1.02. The van der Waals surface area contributed by atoms with Crippen LogP contribution in [0.2, 0.25) is 0 Å². The van der Waals surface area contributed by atoms with Gasteiger partial charge >= 0.3 is 5.97 Å². The number of aromatic carboxylic acids is 1. The number of rotatable bonds is 5. The van der Waals surface area contributed by atoms with Crippen molar-refractivity contribution in [2.45, 2.75) is 13.0 Å². The molecule has 0 spiro atoms. The first-order valence-corrected chi connectivity index (χ1v) is 5.60. The second-order valence-corrected chi connectivity index (χ2v) is 4.06. The van der Waals surface area contributed by atoms with Crippen LogP contribution in [-0.4, -0.2) is 35.9 Å². The van der Waals surface area contributed by atoms with Crippen LogP contribution in [0.15, 0.2) is 18.2 Å². The molecule has 0 saturated carbocycles. The van der Waals surface area contributed by atoms with E-state index in [2.05, 4.69) is 4.98 Å². The quantitative estimate of drug-likeness (QED) is 0.836. The Morgan fingerprint density at radius 3 is 3.18 bits per heavy atom. The highest BCUT2D eigenvalue weighted by atomic mass is 16.5. The topological polar surface area (TPSA) is 68.7 Å². The first-order valence-electron chi connectivity index (χ1n) is 5.60. The van der Waals surface area contributed by atoms with Crippen molar-refractivity contribution in [3.63, 3.8) is 0 Å². The second-order valence-electron chi connectivity index (χ2n) is 4.06. The Labute approximate surface area is 99.4 Å². The predicted octanol–water partition coefficient (Wildman–Crippen LogP) is 1.33. The number of aromatic nitrogens is 1. The van der Waals surface area contributed by atoms with Gasteiger partial charge in [-0.05, 0) is 18.6 Å².